The molecular weight excluding hydrogens is 464 g/mol. The number of esters is 1. The van der Waals surface area contributed by atoms with Crippen molar-refractivity contribution in [1.29, 1.82) is 0 Å². The van der Waals surface area contributed by atoms with Crippen molar-refractivity contribution in [2.45, 2.75) is 20.4 Å². The molecule has 0 saturated carbocycles. The van der Waals surface area contributed by atoms with Gasteiger partial charge in [0.05, 0.1) is 29.6 Å². The Kier molecular flexibility index (Phi) is 8.25. The highest BCUT2D eigenvalue weighted by molar-refractivity contribution is 8.18. The van der Waals surface area contributed by atoms with E-state index in [2.05, 4.69) is 0 Å². The van der Waals surface area contributed by atoms with Crippen LogP contribution in [0.15, 0.2) is 47.4 Å². The second-order valence-electron chi connectivity index (χ2n) is 6.89. The second kappa shape index (κ2) is 11.3. The zero-order chi connectivity index (χ0) is 24.7. The van der Waals surface area contributed by atoms with E-state index in [9.17, 15) is 24.5 Å². The molecule has 0 bridgehead atoms. The van der Waals surface area contributed by atoms with E-state index in [-0.39, 0.29) is 35.9 Å². The van der Waals surface area contributed by atoms with E-state index < -0.39 is 22.0 Å². The summed E-state index contributed by atoms with van der Waals surface area (Å²) in [5.41, 5.74) is 0.672. The lowest BCUT2D eigenvalue weighted by atomic mass is 10.1. The zero-order valence-electron chi connectivity index (χ0n) is 18.5. The fraction of sp³-hybridized carbons (Fsp3) is 0.261. The molecule has 1 fully saturated rings. The highest BCUT2D eigenvalue weighted by Gasteiger charge is 2.36. The van der Waals surface area contributed by atoms with Gasteiger partial charge in [-0.1, -0.05) is 24.3 Å². The second-order valence-corrected chi connectivity index (χ2v) is 7.88. The van der Waals surface area contributed by atoms with Crippen LogP contribution in [0.25, 0.3) is 6.08 Å². The van der Waals surface area contributed by atoms with Gasteiger partial charge in [0.2, 0.25) is 0 Å². The Balaban J connectivity index is 1.79. The number of carbonyl (C=O) groups excluding carboxylic acids is 3. The summed E-state index contributed by atoms with van der Waals surface area (Å²) < 4.78 is 15.9. The van der Waals surface area contributed by atoms with Crippen LogP contribution in [0, 0.1) is 10.1 Å². The van der Waals surface area contributed by atoms with E-state index in [0.717, 1.165) is 16.7 Å². The molecule has 2 aromatic carbocycles. The number of carbonyl (C=O) groups is 3. The van der Waals surface area contributed by atoms with Crippen molar-refractivity contribution >= 4 is 40.6 Å². The number of para-hydroxylation sites is 1. The van der Waals surface area contributed by atoms with Gasteiger partial charge in [0.25, 0.3) is 16.8 Å². The number of hydrogen-bond donors (Lipinski definition) is 0. The molecule has 0 N–H and O–H groups in total. The van der Waals surface area contributed by atoms with E-state index in [1.165, 1.54) is 24.3 Å². The number of benzene rings is 2. The molecule has 2 aromatic rings. The maximum Gasteiger partial charge on any atom is 0.344 e. The molecule has 1 saturated heterocycles. The van der Waals surface area contributed by atoms with Gasteiger partial charge in [0.1, 0.15) is 0 Å². The van der Waals surface area contributed by atoms with Crippen LogP contribution in [0.3, 0.4) is 0 Å². The average Bonchev–Trinajstić information content (AvgIpc) is 3.06. The molecular formula is C23H22N2O8S. The van der Waals surface area contributed by atoms with Crippen LogP contribution in [-0.2, 0) is 20.9 Å². The minimum atomic E-state index is -0.551. The van der Waals surface area contributed by atoms with Crippen LogP contribution in [0.5, 0.6) is 11.5 Å². The van der Waals surface area contributed by atoms with Crippen LogP contribution in [0.2, 0.25) is 0 Å². The molecule has 3 rings (SSSR count). The number of rotatable bonds is 10. The molecule has 0 unspecified atom stereocenters. The quantitative estimate of drug-likeness (QED) is 0.210. The number of ether oxygens (including phenoxy) is 3. The lowest BCUT2D eigenvalue weighted by Gasteiger charge is -2.13. The molecule has 0 spiro atoms. The number of nitro groups is 1. The Bertz CT molecular complexity index is 1150. The van der Waals surface area contributed by atoms with Crippen molar-refractivity contribution in [2.24, 2.45) is 0 Å². The van der Waals surface area contributed by atoms with Gasteiger partial charge in [0.15, 0.2) is 18.1 Å². The van der Waals surface area contributed by atoms with Crippen molar-refractivity contribution in [3.63, 3.8) is 0 Å². The van der Waals surface area contributed by atoms with Gasteiger partial charge in [-0.2, -0.15) is 0 Å². The van der Waals surface area contributed by atoms with E-state index in [1.807, 2.05) is 0 Å². The number of hydrogen-bond acceptors (Lipinski definition) is 9. The Morgan fingerprint density at radius 3 is 2.56 bits per heavy atom. The van der Waals surface area contributed by atoms with Gasteiger partial charge < -0.3 is 14.2 Å². The lowest BCUT2D eigenvalue weighted by Crippen LogP contribution is -2.27. The first-order chi connectivity index (χ1) is 16.3. The summed E-state index contributed by atoms with van der Waals surface area (Å²) >= 11 is 0.749. The largest absolute Gasteiger partial charge is 0.490 e. The van der Waals surface area contributed by atoms with Gasteiger partial charge in [-0.3, -0.25) is 24.6 Å². The predicted octanol–water partition coefficient (Wildman–Crippen LogP) is 4.17. The third-order valence-electron chi connectivity index (χ3n) is 4.61. The Hall–Kier alpha value is -3.86. The molecule has 0 radical (unpaired) electrons. The average molecular weight is 487 g/mol. The van der Waals surface area contributed by atoms with Gasteiger partial charge in [-0.15, -0.1) is 0 Å². The van der Waals surface area contributed by atoms with Crippen molar-refractivity contribution in [2.75, 3.05) is 19.8 Å². The summed E-state index contributed by atoms with van der Waals surface area (Å²) in [6.45, 7) is 3.58. The Morgan fingerprint density at radius 1 is 1.09 bits per heavy atom. The monoisotopic (exact) mass is 486 g/mol. The molecule has 178 valence electrons. The number of nitrogens with zero attached hydrogens (tertiary/aromatic N) is 2. The van der Waals surface area contributed by atoms with E-state index in [4.69, 9.17) is 14.2 Å². The number of thioether (sulfide) groups is 1. The maximum absolute atomic E-state index is 12.9. The molecule has 34 heavy (non-hydrogen) atoms. The molecule has 10 nitrogen and oxygen atoms in total. The van der Waals surface area contributed by atoms with Crippen molar-refractivity contribution in [1.82, 2.24) is 4.90 Å². The van der Waals surface area contributed by atoms with Gasteiger partial charge in [-0.25, -0.2) is 4.79 Å². The Morgan fingerprint density at radius 2 is 1.85 bits per heavy atom. The topological polar surface area (TPSA) is 125 Å². The number of nitro benzene ring substituents is 1. The fourth-order valence-electron chi connectivity index (χ4n) is 3.12. The summed E-state index contributed by atoms with van der Waals surface area (Å²) in [5, 5.41) is 10.7. The number of imide groups is 1. The summed E-state index contributed by atoms with van der Waals surface area (Å²) in [4.78, 5) is 48.7. The van der Waals surface area contributed by atoms with Crippen LogP contribution < -0.4 is 9.47 Å². The standard InChI is InChI=1S/C23H22N2O8S/c1-3-31-19-11-15(9-10-18(19)33-14-21(26)32-4-2)12-20-22(27)24(23(28)34-20)13-16-7-5-6-8-17(16)25(29)30/h5-12H,3-4,13-14H2,1-2H3/b20-12-. The highest BCUT2D eigenvalue weighted by Crippen LogP contribution is 2.36. The smallest absolute Gasteiger partial charge is 0.344 e. The first-order valence-corrected chi connectivity index (χ1v) is 11.2. The predicted molar refractivity (Wildman–Crippen MR) is 124 cm³/mol. The summed E-state index contributed by atoms with van der Waals surface area (Å²) in [6.07, 6.45) is 1.53. The van der Waals surface area contributed by atoms with Gasteiger partial charge in [-0.05, 0) is 49.4 Å². The zero-order valence-corrected chi connectivity index (χ0v) is 19.3. The number of amides is 2. The molecule has 2 amide bonds. The van der Waals surface area contributed by atoms with Crippen molar-refractivity contribution < 1.29 is 33.5 Å². The first kappa shape index (κ1) is 24.8. The van der Waals surface area contributed by atoms with Crippen molar-refractivity contribution in [3.8, 4) is 11.5 Å². The van der Waals surface area contributed by atoms with Gasteiger partial charge in [0, 0.05) is 11.6 Å². The molecule has 1 aliphatic heterocycles. The lowest BCUT2D eigenvalue weighted by molar-refractivity contribution is -0.385. The first-order valence-electron chi connectivity index (χ1n) is 10.4. The normalized spacial score (nSPS) is 14.4. The van der Waals surface area contributed by atoms with Crippen LogP contribution in [0.4, 0.5) is 10.5 Å². The van der Waals surface area contributed by atoms with Crippen molar-refractivity contribution in [3.05, 3.63) is 68.6 Å². The molecule has 0 aliphatic carbocycles. The molecule has 11 heteroatoms. The third kappa shape index (κ3) is 5.93. The minimum absolute atomic E-state index is 0.162. The van der Waals surface area contributed by atoms with E-state index >= 15 is 0 Å². The van der Waals surface area contributed by atoms with E-state index in [0.29, 0.717) is 23.7 Å². The maximum atomic E-state index is 12.9. The fourth-order valence-corrected chi connectivity index (χ4v) is 3.96. The molecule has 0 atom stereocenters. The SMILES string of the molecule is CCOC(=O)COc1ccc(/C=C2\SC(=O)N(Cc3ccccc3[N+](=O)[O-])C2=O)cc1OCC. The third-order valence-corrected chi connectivity index (χ3v) is 5.51. The van der Waals surface area contributed by atoms with Crippen LogP contribution in [-0.4, -0.2) is 46.8 Å². The summed E-state index contributed by atoms with van der Waals surface area (Å²) in [7, 11) is 0. The molecule has 1 heterocycles. The molecule has 1 aliphatic rings. The minimum Gasteiger partial charge on any atom is -0.490 e. The summed E-state index contributed by atoms with van der Waals surface area (Å²) in [6, 6.07) is 10.8. The Labute approximate surface area is 199 Å². The van der Waals surface area contributed by atoms with E-state index in [1.54, 1.807) is 38.1 Å². The van der Waals surface area contributed by atoms with Crippen LogP contribution in [0.1, 0.15) is 25.0 Å². The van der Waals surface area contributed by atoms with Crippen LogP contribution >= 0.6 is 11.8 Å². The summed E-state index contributed by atoms with van der Waals surface area (Å²) in [5.74, 6) is -0.369. The highest BCUT2D eigenvalue weighted by atomic mass is 32.2. The van der Waals surface area contributed by atoms with Gasteiger partial charge >= 0.3 is 5.97 Å². The molecule has 0 aromatic heterocycles.